The lowest BCUT2D eigenvalue weighted by atomic mass is 10.1. The lowest BCUT2D eigenvalue weighted by Gasteiger charge is -2.12. The van der Waals surface area contributed by atoms with Crippen molar-refractivity contribution >= 4 is 16.9 Å². The second kappa shape index (κ2) is 4.92. The van der Waals surface area contributed by atoms with Crippen molar-refractivity contribution < 1.29 is 20.1 Å². The second-order valence-corrected chi connectivity index (χ2v) is 4.46. The first kappa shape index (κ1) is 13.1. The van der Waals surface area contributed by atoms with Crippen molar-refractivity contribution in [1.82, 2.24) is 20.2 Å². The fraction of sp³-hybridized carbons (Fsp3) is 0.500. The highest BCUT2D eigenvalue weighted by Gasteiger charge is 2.44. The molecule has 2 aromatic heterocycles. The maximum Gasteiger partial charge on any atom is 0.171 e. The van der Waals surface area contributed by atoms with E-state index in [4.69, 9.17) is 15.7 Å². The maximum absolute atomic E-state index is 10.00. The second-order valence-electron chi connectivity index (χ2n) is 4.46. The summed E-state index contributed by atoms with van der Waals surface area (Å²) in [6.45, 7) is -0.397. The van der Waals surface area contributed by atoms with E-state index in [1.807, 2.05) is 0 Å². The minimum Gasteiger partial charge on any atom is -0.394 e. The van der Waals surface area contributed by atoms with Gasteiger partial charge in [-0.2, -0.15) is 5.10 Å². The topological polar surface area (TPSA) is 162 Å². The molecule has 0 radical (unpaired) electrons. The molecule has 0 aliphatic carbocycles. The monoisotopic (exact) mass is 282 g/mol. The zero-order valence-electron chi connectivity index (χ0n) is 10.3. The number of H-pyrrole nitrogens is 1. The van der Waals surface area contributed by atoms with Gasteiger partial charge in [-0.1, -0.05) is 0 Å². The first-order chi connectivity index (χ1) is 9.67. The van der Waals surface area contributed by atoms with Crippen LogP contribution in [0.3, 0.4) is 0 Å². The molecule has 0 saturated carbocycles. The predicted octanol–water partition coefficient (Wildman–Crippen LogP) is -2.21. The lowest BCUT2D eigenvalue weighted by molar-refractivity contribution is -0.0236. The smallest absolute Gasteiger partial charge is 0.171 e. The number of aromatic nitrogens is 4. The molecule has 7 N–H and O–H groups in total. The normalized spacial score (nSPS) is 30.0. The summed E-state index contributed by atoms with van der Waals surface area (Å²) in [5, 5.41) is 35.6. The number of nitrogens with zero attached hydrogens (tertiary/aromatic N) is 3. The molecule has 1 fully saturated rings. The summed E-state index contributed by atoms with van der Waals surface area (Å²) in [5.41, 5.74) is 3.59. The molecule has 2 aromatic rings. The van der Waals surface area contributed by atoms with Crippen molar-refractivity contribution in [1.29, 1.82) is 0 Å². The van der Waals surface area contributed by atoms with Crippen LogP contribution in [0.2, 0.25) is 0 Å². The zero-order valence-corrected chi connectivity index (χ0v) is 10.3. The third kappa shape index (κ3) is 1.82. The third-order valence-corrected chi connectivity index (χ3v) is 3.33. The van der Waals surface area contributed by atoms with Gasteiger partial charge in [-0.25, -0.2) is 15.8 Å². The highest BCUT2D eigenvalue weighted by molar-refractivity contribution is 5.86. The van der Waals surface area contributed by atoms with Gasteiger partial charge in [0.2, 0.25) is 0 Å². The van der Waals surface area contributed by atoms with Crippen LogP contribution in [-0.2, 0) is 4.74 Å². The Bertz CT molecular complexity index is 619. The van der Waals surface area contributed by atoms with Gasteiger partial charge in [0.05, 0.1) is 12.3 Å². The Morgan fingerprint density at radius 3 is 2.75 bits per heavy atom. The van der Waals surface area contributed by atoms with Crippen LogP contribution >= 0.6 is 0 Å². The highest BCUT2D eigenvalue weighted by atomic mass is 16.6. The molecule has 10 heteroatoms. The number of nitrogen functional groups attached to an aromatic ring is 1. The van der Waals surface area contributed by atoms with Crippen LogP contribution in [0, 0.1) is 0 Å². The minimum absolute atomic E-state index is 0.323. The van der Waals surface area contributed by atoms with E-state index in [1.165, 1.54) is 6.33 Å². The Morgan fingerprint density at radius 2 is 2.10 bits per heavy atom. The summed E-state index contributed by atoms with van der Waals surface area (Å²) in [5.74, 6) is 5.65. The number of aliphatic hydroxyl groups excluding tert-OH is 3. The molecule has 1 saturated heterocycles. The van der Waals surface area contributed by atoms with Crippen molar-refractivity contribution in [2.24, 2.45) is 5.84 Å². The first-order valence-corrected chi connectivity index (χ1v) is 5.95. The summed E-state index contributed by atoms with van der Waals surface area (Å²) in [6, 6.07) is 0. The van der Waals surface area contributed by atoms with Crippen LogP contribution in [-0.4, -0.2) is 60.4 Å². The van der Waals surface area contributed by atoms with E-state index in [0.717, 1.165) is 0 Å². The first-order valence-electron chi connectivity index (χ1n) is 5.95. The van der Waals surface area contributed by atoms with Crippen molar-refractivity contribution in [3.8, 4) is 0 Å². The molecule has 10 nitrogen and oxygen atoms in total. The quantitative estimate of drug-likeness (QED) is 0.270. The largest absolute Gasteiger partial charge is 0.394 e. The van der Waals surface area contributed by atoms with Crippen molar-refractivity contribution in [3.63, 3.8) is 0 Å². The number of nitrogens with one attached hydrogen (secondary N) is 2. The molecule has 0 amide bonds. The molecule has 4 atom stereocenters. The van der Waals surface area contributed by atoms with Crippen molar-refractivity contribution in [3.05, 3.63) is 12.0 Å². The predicted molar refractivity (Wildman–Crippen MR) is 66.2 cm³/mol. The number of hydrogen-bond donors (Lipinski definition) is 6. The molecule has 1 aliphatic rings. The van der Waals surface area contributed by atoms with Gasteiger partial charge >= 0.3 is 0 Å². The number of aliphatic hydroxyl groups is 3. The van der Waals surface area contributed by atoms with E-state index >= 15 is 0 Å². The van der Waals surface area contributed by atoms with Crippen LogP contribution in [0.1, 0.15) is 11.8 Å². The Kier molecular flexibility index (Phi) is 3.23. The molecule has 108 valence electrons. The van der Waals surface area contributed by atoms with Gasteiger partial charge in [0.15, 0.2) is 11.3 Å². The number of rotatable bonds is 3. The lowest BCUT2D eigenvalue weighted by Crippen LogP contribution is -2.32. The van der Waals surface area contributed by atoms with Crippen LogP contribution in [0.15, 0.2) is 6.33 Å². The molecule has 0 unspecified atom stereocenters. The number of ether oxygens (including phenoxy) is 1. The highest BCUT2D eigenvalue weighted by Crippen LogP contribution is 2.35. The van der Waals surface area contributed by atoms with Gasteiger partial charge in [-0.05, 0) is 0 Å². The summed E-state index contributed by atoms with van der Waals surface area (Å²) < 4.78 is 5.43. The maximum atomic E-state index is 10.00. The van der Waals surface area contributed by atoms with Crippen LogP contribution in [0.5, 0.6) is 0 Å². The molecule has 3 heterocycles. The zero-order chi connectivity index (χ0) is 14.3. The van der Waals surface area contributed by atoms with Gasteiger partial charge < -0.3 is 25.5 Å². The number of hydrogen-bond acceptors (Lipinski definition) is 9. The Morgan fingerprint density at radius 1 is 1.30 bits per heavy atom. The number of anilines is 1. The Labute approximate surface area is 112 Å². The van der Waals surface area contributed by atoms with Crippen LogP contribution < -0.4 is 11.3 Å². The Balaban J connectivity index is 2.03. The van der Waals surface area contributed by atoms with Gasteiger partial charge in [-0.3, -0.25) is 5.10 Å². The molecular weight excluding hydrogens is 268 g/mol. The van der Waals surface area contributed by atoms with Gasteiger partial charge in [0, 0.05) is 0 Å². The average Bonchev–Trinajstić information content (AvgIpc) is 3.01. The fourth-order valence-corrected chi connectivity index (χ4v) is 2.29. The van der Waals surface area contributed by atoms with Crippen molar-refractivity contribution in [2.45, 2.75) is 24.4 Å². The standard InChI is InChI=1S/C10H14N6O4/c11-14-10-6-4(12-2-13-10)5(15-16-6)9-8(19)7(18)3(1-17)20-9/h2-3,7-9,17-19H,1,11H2,(H,15,16)(H,12,13,14)/t3-,7+,8+,9-/m0/s1. The molecular formula is C10H14N6O4. The molecule has 0 spiro atoms. The van der Waals surface area contributed by atoms with E-state index in [1.54, 1.807) is 0 Å². The summed E-state index contributed by atoms with van der Waals surface area (Å²) >= 11 is 0. The SMILES string of the molecule is NNc1ncnc2c([C@@H]3O[C@@H](CO)[C@@H](O)[C@H]3O)[nH]nc12. The minimum atomic E-state index is -1.19. The van der Waals surface area contributed by atoms with Gasteiger partial charge in [0.25, 0.3) is 0 Å². The number of fused-ring (bicyclic) bond motifs is 1. The van der Waals surface area contributed by atoms with Gasteiger partial charge in [0.1, 0.15) is 36.3 Å². The molecule has 0 aromatic carbocycles. The van der Waals surface area contributed by atoms with E-state index in [0.29, 0.717) is 22.5 Å². The number of hydrazine groups is 1. The van der Waals surface area contributed by atoms with Crippen LogP contribution in [0.4, 0.5) is 5.82 Å². The van der Waals surface area contributed by atoms with Gasteiger partial charge in [-0.15, -0.1) is 0 Å². The van der Waals surface area contributed by atoms with E-state index in [9.17, 15) is 10.2 Å². The number of nitrogens with two attached hydrogens (primary N) is 1. The summed E-state index contributed by atoms with van der Waals surface area (Å²) in [7, 11) is 0. The Hall–Kier alpha value is -1.85. The molecule has 0 bridgehead atoms. The molecule has 1 aliphatic heterocycles. The fourth-order valence-electron chi connectivity index (χ4n) is 2.29. The van der Waals surface area contributed by atoms with E-state index < -0.39 is 31.0 Å². The van der Waals surface area contributed by atoms with E-state index in [2.05, 4.69) is 25.6 Å². The third-order valence-electron chi connectivity index (χ3n) is 3.33. The average molecular weight is 282 g/mol. The number of aromatic amines is 1. The summed E-state index contributed by atoms with van der Waals surface area (Å²) in [6.07, 6.45) is -2.81. The van der Waals surface area contributed by atoms with Crippen molar-refractivity contribution in [2.75, 3.05) is 12.0 Å². The van der Waals surface area contributed by atoms with Crippen LogP contribution in [0.25, 0.3) is 11.0 Å². The van der Waals surface area contributed by atoms with E-state index in [-0.39, 0.29) is 0 Å². The summed E-state index contributed by atoms with van der Waals surface area (Å²) in [4.78, 5) is 7.98. The molecule has 3 rings (SSSR count). The molecule has 20 heavy (non-hydrogen) atoms.